The predicted octanol–water partition coefficient (Wildman–Crippen LogP) is 2.48. The van der Waals surface area contributed by atoms with Crippen molar-refractivity contribution in [3.05, 3.63) is 47.9 Å². The third-order valence-corrected chi connectivity index (χ3v) is 2.38. The normalized spacial score (nSPS) is 10.2. The van der Waals surface area contributed by atoms with Crippen LogP contribution in [0.15, 0.2) is 36.5 Å². The van der Waals surface area contributed by atoms with Gasteiger partial charge in [-0.1, -0.05) is 0 Å². The first-order chi connectivity index (χ1) is 7.70. The van der Waals surface area contributed by atoms with Gasteiger partial charge in [0.1, 0.15) is 5.82 Å². The first-order valence-corrected chi connectivity index (χ1v) is 4.90. The summed E-state index contributed by atoms with van der Waals surface area (Å²) in [5.41, 5.74) is 5.56. The average molecular weight is 217 g/mol. The zero-order valence-corrected chi connectivity index (χ0v) is 8.87. The molecule has 0 bridgehead atoms. The number of aromatic nitrogens is 1. The molecule has 4 heteroatoms. The maximum Gasteiger partial charge on any atom is 0.126 e. The van der Waals surface area contributed by atoms with Crippen LogP contribution in [0.25, 0.3) is 11.3 Å². The molecule has 0 aliphatic heterocycles. The van der Waals surface area contributed by atoms with Gasteiger partial charge in [0.2, 0.25) is 0 Å². The molecular weight excluding hydrogens is 205 g/mol. The number of aryl methyl sites for hydroxylation is 1. The van der Waals surface area contributed by atoms with E-state index in [1.54, 1.807) is 31.3 Å². The van der Waals surface area contributed by atoms with Crippen molar-refractivity contribution in [3.63, 3.8) is 0 Å². The molecule has 0 aliphatic carbocycles. The highest BCUT2D eigenvalue weighted by Crippen LogP contribution is 2.21. The molecule has 0 atom stereocenters. The third-order valence-electron chi connectivity index (χ3n) is 2.38. The molecule has 82 valence electrons. The van der Waals surface area contributed by atoms with E-state index in [2.05, 4.69) is 10.4 Å². The van der Waals surface area contributed by atoms with Crippen LogP contribution in [-0.4, -0.2) is 4.98 Å². The van der Waals surface area contributed by atoms with Gasteiger partial charge in [0.15, 0.2) is 0 Å². The van der Waals surface area contributed by atoms with Crippen molar-refractivity contribution < 1.29 is 4.39 Å². The summed E-state index contributed by atoms with van der Waals surface area (Å²) in [7, 11) is 0. The van der Waals surface area contributed by atoms with Gasteiger partial charge >= 0.3 is 0 Å². The molecule has 0 spiro atoms. The molecule has 0 fully saturated rings. The highest BCUT2D eigenvalue weighted by Gasteiger charge is 2.03. The maximum atomic E-state index is 13.1. The van der Waals surface area contributed by atoms with Gasteiger partial charge in [-0.05, 0) is 42.8 Å². The average Bonchev–Trinajstić information content (AvgIpc) is 2.33. The molecule has 2 aromatic rings. The molecule has 3 N–H and O–H groups in total. The molecule has 1 aromatic heterocycles. The Balaban J connectivity index is 2.46. The van der Waals surface area contributed by atoms with E-state index in [1.807, 2.05) is 6.07 Å². The van der Waals surface area contributed by atoms with Gasteiger partial charge in [-0.2, -0.15) is 0 Å². The van der Waals surface area contributed by atoms with E-state index in [0.29, 0.717) is 5.56 Å². The van der Waals surface area contributed by atoms with Crippen molar-refractivity contribution >= 4 is 5.69 Å². The van der Waals surface area contributed by atoms with E-state index >= 15 is 0 Å². The van der Waals surface area contributed by atoms with Crippen molar-refractivity contribution in [2.24, 2.45) is 5.84 Å². The first-order valence-electron chi connectivity index (χ1n) is 4.90. The summed E-state index contributed by atoms with van der Waals surface area (Å²) in [4.78, 5) is 4.21. The lowest BCUT2D eigenvalue weighted by Crippen LogP contribution is -2.06. The van der Waals surface area contributed by atoms with Crippen LogP contribution in [0, 0.1) is 12.7 Å². The fraction of sp³-hybridized carbons (Fsp3) is 0.0833. The Kier molecular flexibility index (Phi) is 2.83. The Morgan fingerprint density at radius 3 is 2.75 bits per heavy atom. The highest BCUT2D eigenvalue weighted by molar-refractivity contribution is 5.64. The summed E-state index contributed by atoms with van der Waals surface area (Å²) in [5.74, 6) is 5.10. The van der Waals surface area contributed by atoms with Crippen molar-refractivity contribution in [1.29, 1.82) is 0 Å². The number of halogens is 1. The summed E-state index contributed by atoms with van der Waals surface area (Å²) in [6, 6.07) is 8.48. The number of hydrogen-bond acceptors (Lipinski definition) is 3. The number of nitrogens with two attached hydrogens (primary N) is 1. The molecule has 3 nitrogen and oxygen atoms in total. The minimum Gasteiger partial charge on any atom is -0.324 e. The monoisotopic (exact) mass is 217 g/mol. The number of nitrogen functional groups attached to an aromatic ring is 1. The Hall–Kier alpha value is -1.94. The van der Waals surface area contributed by atoms with Crippen LogP contribution in [0.4, 0.5) is 10.1 Å². The number of pyridine rings is 1. The lowest BCUT2D eigenvalue weighted by atomic mass is 10.1. The third kappa shape index (κ3) is 2.01. The fourth-order valence-corrected chi connectivity index (χ4v) is 1.48. The van der Waals surface area contributed by atoms with Gasteiger partial charge in [-0.15, -0.1) is 0 Å². The predicted molar refractivity (Wildman–Crippen MR) is 62.2 cm³/mol. The Morgan fingerprint density at radius 1 is 1.25 bits per heavy atom. The summed E-state index contributed by atoms with van der Waals surface area (Å²) < 4.78 is 13.1. The maximum absolute atomic E-state index is 13.1. The summed E-state index contributed by atoms with van der Waals surface area (Å²) in [6.07, 6.45) is 1.66. The second-order valence-electron chi connectivity index (χ2n) is 3.54. The molecule has 16 heavy (non-hydrogen) atoms. The van der Waals surface area contributed by atoms with Crippen LogP contribution in [-0.2, 0) is 0 Å². The summed E-state index contributed by atoms with van der Waals surface area (Å²) >= 11 is 0. The minimum absolute atomic E-state index is 0.211. The van der Waals surface area contributed by atoms with Gasteiger partial charge in [-0.25, -0.2) is 4.39 Å². The molecule has 2 rings (SSSR count). The minimum atomic E-state index is -0.211. The van der Waals surface area contributed by atoms with Crippen LogP contribution >= 0.6 is 0 Å². The zero-order valence-electron chi connectivity index (χ0n) is 8.87. The number of rotatable bonds is 2. The van der Waals surface area contributed by atoms with Gasteiger partial charge in [0.05, 0.1) is 11.4 Å². The second kappa shape index (κ2) is 4.28. The van der Waals surface area contributed by atoms with E-state index in [4.69, 9.17) is 5.84 Å². The topological polar surface area (TPSA) is 50.9 Å². The highest BCUT2D eigenvalue weighted by atomic mass is 19.1. The van der Waals surface area contributed by atoms with Crippen molar-refractivity contribution in [2.45, 2.75) is 6.92 Å². The number of hydrazine groups is 1. The van der Waals surface area contributed by atoms with E-state index in [-0.39, 0.29) is 5.82 Å². The number of anilines is 1. The van der Waals surface area contributed by atoms with Crippen LogP contribution < -0.4 is 11.3 Å². The molecule has 0 saturated carbocycles. The molecule has 0 saturated heterocycles. The number of benzene rings is 1. The van der Waals surface area contributed by atoms with Gasteiger partial charge < -0.3 is 5.43 Å². The lowest BCUT2D eigenvalue weighted by molar-refractivity contribution is 0.619. The van der Waals surface area contributed by atoms with Crippen molar-refractivity contribution in [2.75, 3.05) is 5.43 Å². The molecule has 0 radical (unpaired) electrons. The zero-order chi connectivity index (χ0) is 11.5. The van der Waals surface area contributed by atoms with Gasteiger partial charge in [-0.3, -0.25) is 10.8 Å². The van der Waals surface area contributed by atoms with E-state index in [0.717, 1.165) is 16.9 Å². The van der Waals surface area contributed by atoms with E-state index in [9.17, 15) is 4.39 Å². The summed E-state index contributed by atoms with van der Waals surface area (Å²) in [5, 5.41) is 0. The fourth-order valence-electron chi connectivity index (χ4n) is 1.48. The second-order valence-corrected chi connectivity index (χ2v) is 3.54. The Bertz CT molecular complexity index is 511. The lowest BCUT2D eigenvalue weighted by Gasteiger charge is -2.05. The van der Waals surface area contributed by atoms with Crippen LogP contribution in [0.3, 0.4) is 0 Å². The molecule has 0 amide bonds. The Labute approximate surface area is 93.1 Å². The quantitative estimate of drug-likeness (QED) is 0.600. The van der Waals surface area contributed by atoms with Crippen LogP contribution in [0.2, 0.25) is 0 Å². The van der Waals surface area contributed by atoms with Crippen molar-refractivity contribution in [3.8, 4) is 11.3 Å². The Morgan fingerprint density at radius 2 is 2.06 bits per heavy atom. The first kappa shape index (κ1) is 10.6. The molecular formula is C12H12FN3. The van der Waals surface area contributed by atoms with E-state index in [1.165, 1.54) is 6.07 Å². The number of nitrogens with one attached hydrogen (secondary N) is 1. The van der Waals surface area contributed by atoms with Gasteiger partial charge in [0, 0.05) is 11.8 Å². The smallest absolute Gasteiger partial charge is 0.126 e. The summed E-state index contributed by atoms with van der Waals surface area (Å²) in [6.45, 7) is 1.73. The van der Waals surface area contributed by atoms with E-state index < -0.39 is 0 Å². The SMILES string of the molecule is Cc1cc(-c2cc(NN)ccn2)ccc1F. The number of nitrogens with zero attached hydrogens (tertiary/aromatic N) is 1. The standard InChI is InChI=1S/C12H12FN3/c1-8-6-9(2-3-11(8)13)12-7-10(16-14)4-5-15-12/h2-7H,14H2,1H3,(H,15,16). The van der Waals surface area contributed by atoms with Crippen molar-refractivity contribution in [1.82, 2.24) is 4.98 Å². The van der Waals surface area contributed by atoms with Gasteiger partial charge in [0.25, 0.3) is 0 Å². The molecule has 1 aromatic carbocycles. The van der Waals surface area contributed by atoms with Crippen LogP contribution in [0.1, 0.15) is 5.56 Å². The molecule has 1 heterocycles. The number of hydrogen-bond donors (Lipinski definition) is 2. The molecule has 0 aliphatic rings. The molecule has 0 unspecified atom stereocenters. The van der Waals surface area contributed by atoms with Crippen LogP contribution in [0.5, 0.6) is 0 Å². The largest absolute Gasteiger partial charge is 0.324 e.